The van der Waals surface area contributed by atoms with Crippen LogP contribution in [0.3, 0.4) is 0 Å². The molecule has 4 heterocycles. The van der Waals surface area contributed by atoms with Crippen LogP contribution in [0.2, 0.25) is 5.02 Å². The van der Waals surface area contributed by atoms with Gasteiger partial charge >= 0.3 is 0 Å². The molecule has 0 radical (unpaired) electrons. The summed E-state index contributed by atoms with van der Waals surface area (Å²) in [6, 6.07) is 13.8. The molecular weight excluding hydrogens is 846 g/mol. The van der Waals surface area contributed by atoms with E-state index < -0.39 is 47.4 Å². The summed E-state index contributed by atoms with van der Waals surface area (Å²) in [5.74, 6) is -0.306. The molecule has 18 heteroatoms. The van der Waals surface area contributed by atoms with Gasteiger partial charge in [-0.25, -0.2) is 0 Å². The van der Waals surface area contributed by atoms with Crippen molar-refractivity contribution in [2.24, 2.45) is 10.4 Å². The Morgan fingerprint density at radius 2 is 1.70 bits per heavy atom. The van der Waals surface area contributed by atoms with Gasteiger partial charge in [0.05, 0.1) is 36.5 Å². The number of carbonyl (C=O) groups excluding carboxylic acids is 4. The summed E-state index contributed by atoms with van der Waals surface area (Å²) in [4.78, 5) is 61.0. The Kier molecular flexibility index (Phi) is 15.5. The second-order valence-electron chi connectivity index (χ2n) is 16.8. The Balaban J connectivity index is 0.928. The zero-order chi connectivity index (χ0) is 45.4. The third-order valence-electron chi connectivity index (χ3n) is 10.9. The number of halogens is 1. The van der Waals surface area contributed by atoms with E-state index in [4.69, 9.17) is 31.3 Å². The van der Waals surface area contributed by atoms with Gasteiger partial charge in [0.2, 0.25) is 23.6 Å². The molecule has 2 aliphatic heterocycles. The lowest BCUT2D eigenvalue weighted by Crippen LogP contribution is -2.58. The van der Waals surface area contributed by atoms with Crippen molar-refractivity contribution < 1.29 is 33.8 Å². The van der Waals surface area contributed by atoms with E-state index in [0.717, 1.165) is 37.8 Å². The third-order valence-corrected chi connectivity index (χ3v) is 12.4. The molecule has 1 saturated heterocycles. The maximum Gasteiger partial charge on any atom is 0.246 e. The standard InChI is InChI=1S/C45H54ClN9O7S/c1-26-27(2)63-44-38(26)39(31-12-14-32(46)15-13-31)50-34(41-53-52-28(3)55(41)44)21-36(57)48-16-19-61-17-7-18-62-25-37(58)51-40(45(4,5)6)43(60)54-24-33(56)20-35(54)42(59)49-23-30-10-8-29(22-47)9-11-30/h8-15,33-35,40,56H,7,16-21,23-25H2,1-6H3,(H,48,57)(H,49,59)(H,51,58)/t33-,34+,35+,40-/m1/s1. The lowest BCUT2D eigenvalue weighted by molar-refractivity contribution is -0.144. The molecule has 16 nitrogen and oxygen atoms in total. The fourth-order valence-corrected chi connectivity index (χ4v) is 8.84. The summed E-state index contributed by atoms with van der Waals surface area (Å²) in [6.45, 7) is 12.4. The van der Waals surface area contributed by atoms with E-state index in [0.29, 0.717) is 35.3 Å². The van der Waals surface area contributed by atoms with Crippen LogP contribution in [0.25, 0.3) is 5.00 Å². The molecule has 2 aliphatic rings. The van der Waals surface area contributed by atoms with Crippen LogP contribution in [0.5, 0.6) is 0 Å². The second kappa shape index (κ2) is 20.8. The number of likely N-dealkylation sites (tertiary alicyclic amines) is 1. The number of aliphatic imine (C=N–C) groups is 1. The molecule has 4 amide bonds. The maximum absolute atomic E-state index is 13.9. The van der Waals surface area contributed by atoms with E-state index >= 15 is 0 Å². The van der Waals surface area contributed by atoms with Crippen LogP contribution in [0, 0.1) is 37.5 Å². The molecular formula is C45H54ClN9O7S. The zero-order valence-corrected chi connectivity index (χ0v) is 37.9. The van der Waals surface area contributed by atoms with E-state index in [1.807, 2.05) is 56.5 Å². The number of β-amino-alcohol motifs (C(OH)–C–C–N with tert-alkyl or cyclic N) is 1. The number of fused-ring (bicyclic) bond motifs is 3. The van der Waals surface area contributed by atoms with Gasteiger partial charge in [0, 0.05) is 60.3 Å². The van der Waals surface area contributed by atoms with Gasteiger partial charge in [-0.1, -0.05) is 56.6 Å². The molecule has 4 aromatic rings. The van der Waals surface area contributed by atoms with Crippen molar-refractivity contribution in [3.05, 3.63) is 97.9 Å². The normalized spacial score (nSPS) is 17.5. The first-order valence-electron chi connectivity index (χ1n) is 20.9. The summed E-state index contributed by atoms with van der Waals surface area (Å²) < 4.78 is 13.3. The van der Waals surface area contributed by atoms with E-state index in [-0.39, 0.29) is 58.2 Å². The van der Waals surface area contributed by atoms with Crippen LogP contribution >= 0.6 is 22.9 Å². The lowest BCUT2D eigenvalue weighted by Gasteiger charge is -2.35. The van der Waals surface area contributed by atoms with Crippen molar-refractivity contribution in [3.63, 3.8) is 0 Å². The predicted octanol–water partition coefficient (Wildman–Crippen LogP) is 4.41. The van der Waals surface area contributed by atoms with Gasteiger partial charge in [-0.2, -0.15) is 5.26 Å². The van der Waals surface area contributed by atoms with Crippen LogP contribution in [-0.2, 0) is 35.2 Å². The number of rotatable bonds is 17. The number of nitrogens with one attached hydrogen (secondary N) is 3. The fraction of sp³-hybridized carbons (Fsp3) is 0.467. The van der Waals surface area contributed by atoms with E-state index in [1.54, 1.807) is 35.6 Å². The molecule has 0 bridgehead atoms. The first kappa shape index (κ1) is 47.0. The van der Waals surface area contributed by atoms with Crippen LogP contribution < -0.4 is 16.0 Å². The number of aromatic nitrogens is 3. The molecule has 1 fully saturated rings. The fourth-order valence-electron chi connectivity index (χ4n) is 7.50. The zero-order valence-electron chi connectivity index (χ0n) is 36.4. The van der Waals surface area contributed by atoms with Crippen molar-refractivity contribution in [2.75, 3.05) is 39.5 Å². The molecule has 63 heavy (non-hydrogen) atoms. The van der Waals surface area contributed by atoms with Crippen molar-refractivity contribution in [1.29, 1.82) is 5.26 Å². The van der Waals surface area contributed by atoms with Gasteiger partial charge in [0.25, 0.3) is 0 Å². The largest absolute Gasteiger partial charge is 0.391 e. The number of aliphatic hydroxyl groups excluding tert-OH is 1. The number of carbonyl (C=O) groups is 4. The number of nitrogens with zero attached hydrogens (tertiary/aromatic N) is 6. The van der Waals surface area contributed by atoms with Crippen LogP contribution in [0.4, 0.5) is 0 Å². The highest BCUT2D eigenvalue weighted by Crippen LogP contribution is 2.39. The maximum atomic E-state index is 13.9. The van der Waals surface area contributed by atoms with Crippen LogP contribution in [-0.4, -0.2) is 112 Å². The molecule has 4 atom stereocenters. The molecule has 0 aliphatic carbocycles. The highest BCUT2D eigenvalue weighted by molar-refractivity contribution is 7.15. The Bertz CT molecular complexity index is 2370. The number of benzene rings is 2. The van der Waals surface area contributed by atoms with Gasteiger partial charge in [0.1, 0.15) is 35.6 Å². The quantitative estimate of drug-likeness (QED) is 0.110. The van der Waals surface area contributed by atoms with Crippen molar-refractivity contribution in [1.82, 2.24) is 35.6 Å². The van der Waals surface area contributed by atoms with Crippen molar-refractivity contribution in [3.8, 4) is 11.1 Å². The molecule has 4 N–H and O–H groups in total. The smallest absolute Gasteiger partial charge is 0.246 e. The SMILES string of the molecule is Cc1sc2c(c1C)C(c1ccc(Cl)cc1)=N[C@@H](CC(=O)NCCOCCCOCC(=O)N[C@H](C(=O)N1C[C@H](O)C[C@H]1C(=O)NCc1ccc(C#N)cc1)C(C)(C)C)c1nnc(C)n1-2. The van der Waals surface area contributed by atoms with Crippen LogP contribution in [0.15, 0.2) is 53.5 Å². The highest BCUT2D eigenvalue weighted by atomic mass is 35.5. The van der Waals surface area contributed by atoms with E-state index in [2.05, 4.69) is 46.1 Å². The summed E-state index contributed by atoms with van der Waals surface area (Å²) >= 11 is 7.87. The van der Waals surface area contributed by atoms with E-state index in [9.17, 15) is 24.3 Å². The molecule has 0 unspecified atom stereocenters. The molecule has 334 valence electrons. The summed E-state index contributed by atoms with van der Waals surface area (Å²) in [5, 5.41) is 38.4. The molecule has 6 rings (SSSR count). The van der Waals surface area contributed by atoms with Crippen molar-refractivity contribution >= 4 is 52.3 Å². The topological polar surface area (TPSA) is 213 Å². The van der Waals surface area contributed by atoms with Crippen molar-refractivity contribution in [2.45, 2.75) is 91.6 Å². The first-order valence-corrected chi connectivity index (χ1v) is 22.1. The van der Waals surface area contributed by atoms with Gasteiger partial charge in [-0.05, 0) is 68.0 Å². The Labute approximate surface area is 376 Å². The Morgan fingerprint density at radius 1 is 0.984 bits per heavy atom. The van der Waals surface area contributed by atoms with Gasteiger partial charge < -0.3 is 35.4 Å². The minimum absolute atomic E-state index is 0.0445. The number of hydrogen-bond acceptors (Lipinski definition) is 12. The predicted molar refractivity (Wildman–Crippen MR) is 238 cm³/mol. The molecule has 2 aromatic heterocycles. The summed E-state index contributed by atoms with van der Waals surface area (Å²) in [5.41, 5.74) is 4.31. The Morgan fingerprint density at radius 3 is 2.40 bits per heavy atom. The number of aryl methyl sites for hydroxylation is 2. The third kappa shape index (κ3) is 11.6. The number of thiophene rings is 1. The Hall–Kier alpha value is -5.51. The number of hydrogen-bond donors (Lipinski definition) is 4. The average Bonchev–Trinajstić information content (AvgIpc) is 3.90. The minimum Gasteiger partial charge on any atom is -0.391 e. The van der Waals surface area contributed by atoms with Gasteiger partial charge in [0.15, 0.2) is 5.82 Å². The number of ether oxygens (including phenoxy) is 2. The van der Waals surface area contributed by atoms with E-state index in [1.165, 1.54) is 4.90 Å². The van der Waals surface area contributed by atoms with Crippen LogP contribution in [0.1, 0.15) is 90.4 Å². The molecule has 0 spiro atoms. The number of amides is 4. The highest BCUT2D eigenvalue weighted by Gasteiger charge is 2.44. The lowest BCUT2D eigenvalue weighted by atomic mass is 9.85. The average molecular weight is 901 g/mol. The molecule has 2 aromatic carbocycles. The summed E-state index contributed by atoms with van der Waals surface area (Å²) in [6.07, 6.45) is -0.296. The van der Waals surface area contributed by atoms with Gasteiger partial charge in [-0.3, -0.25) is 28.7 Å². The summed E-state index contributed by atoms with van der Waals surface area (Å²) in [7, 11) is 0. The number of nitriles is 1. The minimum atomic E-state index is -0.990. The van der Waals surface area contributed by atoms with Gasteiger partial charge in [-0.15, -0.1) is 21.5 Å². The first-order chi connectivity index (χ1) is 30.0. The monoisotopic (exact) mass is 899 g/mol. The second-order valence-corrected chi connectivity index (χ2v) is 18.4. The number of aliphatic hydroxyl groups is 1. The molecule has 0 saturated carbocycles.